The van der Waals surface area contributed by atoms with Crippen LogP contribution in [0.25, 0.3) is 0 Å². The van der Waals surface area contributed by atoms with Crippen molar-refractivity contribution in [2.75, 3.05) is 19.8 Å². The number of hydrogen-bond acceptors (Lipinski definition) is 11. The zero-order chi connectivity index (χ0) is 44.1. The predicted octanol–water partition coefficient (Wildman–Crippen LogP) is 8.75. The zero-order valence-electron chi connectivity index (χ0n) is 36.2. The number of aliphatic hydroxyl groups is 5. The number of rotatable bonds is 35. The monoisotopic (exact) mass is 865 g/mol. The molecule has 1 aliphatic rings. The van der Waals surface area contributed by atoms with Crippen molar-refractivity contribution in [1.29, 1.82) is 0 Å². The summed E-state index contributed by atoms with van der Waals surface area (Å²) in [6.07, 6.45) is 37.7. The first-order valence-corrected chi connectivity index (χ1v) is 23.6. The molecule has 0 bridgehead atoms. The van der Waals surface area contributed by atoms with E-state index < -0.39 is 63.1 Å². The molecule has 0 aromatic heterocycles. The first-order valence-electron chi connectivity index (χ1n) is 22.1. The van der Waals surface area contributed by atoms with Gasteiger partial charge < -0.3 is 39.9 Å². The number of unbranched alkanes of at least 4 members (excludes halogenated alkanes) is 7. The average molecular weight is 865 g/mol. The first kappa shape index (κ1) is 55.3. The molecule has 6 unspecified atom stereocenters. The normalized spacial score (nSPS) is 23.3. The van der Waals surface area contributed by atoms with Gasteiger partial charge >= 0.3 is 13.8 Å². The minimum absolute atomic E-state index is 0.0977. The molecule has 0 aromatic rings. The Kier molecular flexibility index (Phi) is 34.0. The summed E-state index contributed by atoms with van der Waals surface area (Å²) in [4.78, 5) is 23.1. The molecule has 60 heavy (non-hydrogen) atoms. The number of ether oxygens (including phenoxy) is 2. The summed E-state index contributed by atoms with van der Waals surface area (Å²) in [6, 6.07) is 0. The minimum Gasteiger partial charge on any atom is -0.457 e. The Hall–Kier alpha value is -2.74. The number of phosphoric ester groups is 1. The van der Waals surface area contributed by atoms with Gasteiger partial charge in [-0.3, -0.25) is 13.8 Å². The van der Waals surface area contributed by atoms with Crippen LogP contribution in [0.2, 0.25) is 0 Å². The van der Waals surface area contributed by atoms with Gasteiger partial charge in [-0.05, 0) is 83.5 Å². The zero-order valence-corrected chi connectivity index (χ0v) is 37.1. The molecule has 342 valence electrons. The largest absolute Gasteiger partial charge is 0.472 e. The second-order valence-corrected chi connectivity index (χ2v) is 16.2. The fourth-order valence-electron chi connectivity index (χ4n) is 5.99. The standard InChI is InChI=1S/C47H77O12P/c1-3-5-7-9-11-13-15-17-19-21-22-24-26-28-30-32-34-36-41(48)58-40(39-57-60(54,55)59-47-45(52)43(50)42(49)44(51)46(47)53)38-56-37-35-33-31-29-27-25-23-20-18-16-14-12-10-8-6-4-2/h5-8,11-14,17-20,22,24,28,30,40,42-47,49-53H,3-4,9-10,15-16,21,23,25-27,29,31-39H2,1-2H3,(H,54,55)/b7-5-,8-6-,13-11-,14-12-,19-17-,20-18-,24-22-,30-28-. The molecule has 0 saturated heterocycles. The molecule has 0 aliphatic heterocycles. The van der Waals surface area contributed by atoms with Crippen LogP contribution in [0.15, 0.2) is 97.2 Å². The summed E-state index contributed by atoms with van der Waals surface area (Å²) in [5.41, 5.74) is 0. The van der Waals surface area contributed by atoms with Crippen LogP contribution < -0.4 is 0 Å². The summed E-state index contributed by atoms with van der Waals surface area (Å²) in [6.45, 7) is 3.91. The summed E-state index contributed by atoms with van der Waals surface area (Å²) in [5, 5.41) is 50.1. The number of carbonyl (C=O) groups is 1. The maximum absolute atomic E-state index is 12.8. The Balaban J connectivity index is 2.48. The quantitative estimate of drug-likeness (QED) is 0.0154. The molecule has 13 heteroatoms. The summed E-state index contributed by atoms with van der Waals surface area (Å²) in [5.74, 6) is -0.544. The molecule has 0 aromatic carbocycles. The summed E-state index contributed by atoms with van der Waals surface area (Å²) in [7, 11) is -5.04. The number of phosphoric acid groups is 1. The Morgan fingerprint density at radius 2 is 0.933 bits per heavy atom. The Morgan fingerprint density at radius 3 is 1.42 bits per heavy atom. The number of aliphatic hydroxyl groups excluding tert-OH is 5. The molecule has 1 rings (SSSR count). The fourth-order valence-corrected chi connectivity index (χ4v) is 6.96. The maximum atomic E-state index is 12.8. The predicted molar refractivity (Wildman–Crippen MR) is 239 cm³/mol. The molecule has 0 spiro atoms. The van der Waals surface area contributed by atoms with Crippen molar-refractivity contribution in [2.45, 2.75) is 172 Å². The lowest BCUT2D eigenvalue weighted by atomic mass is 9.85. The molecule has 6 atom stereocenters. The second kappa shape index (κ2) is 36.9. The lowest BCUT2D eigenvalue weighted by Gasteiger charge is -2.41. The molecule has 0 radical (unpaired) electrons. The number of allylic oxidation sites excluding steroid dienone is 16. The van der Waals surface area contributed by atoms with E-state index in [4.69, 9.17) is 18.5 Å². The topological polar surface area (TPSA) is 192 Å². The highest BCUT2D eigenvalue weighted by atomic mass is 31.2. The third-order valence-corrected chi connectivity index (χ3v) is 10.4. The van der Waals surface area contributed by atoms with Crippen molar-refractivity contribution in [2.24, 2.45) is 0 Å². The third-order valence-electron chi connectivity index (χ3n) is 9.45. The highest BCUT2D eigenvalue weighted by Gasteiger charge is 2.51. The van der Waals surface area contributed by atoms with Gasteiger partial charge in [0.05, 0.1) is 13.2 Å². The van der Waals surface area contributed by atoms with Gasteiger partial charge in [-0.1, -0.05) is 137 Å². The van der Waals surface area contributed by atoms with Gasteiger partial charge in [0.25, 0.3) is 0 Å². The molecule has 1 saturated carbocycles. The molecule has 1 fully saturated rings. The van der Waals surface area contributed by atoms with E-state index in [2.05, 4.69) is 98.9 Å². The van der Waals surface area contributed by atoms with Crippen LogP contribution in [-0.2, 0) is 27.9 Å². The smallest absolute Gasteiger partial charge is 0.457 e. The van der Waals surface area contributed by atoms with Crippen molar-refractivity contribution >= 4 is 13.8 Å². The minimum atomic E-state index is -5.04. The second-order valence-electron chi connectivity index (χ2n) is 14.8. The Labute approximate surface area is 360 Å². The van der Waals surface area contributed by atoms with Crippen molar-refractivity contribution in [3.05, 3.63) is 97.2 Å². The van der Waals surface area contributed by atoms with E-state index in [1.807, 2.05) is 12.2 Å². The van der Waals surface area contributed by atoms with Crippen LogP contribution in [0.5, 0.6) is 0 Å². The molecule has 0 amide bonds. The van der Waals surface area contributed by atoms with Crippen LogP contribution >= 0.6 is 7.82 Å². The van der Waals surface area contributed by atoms with Gasteiger partial charge in [0.1, 0.15) is 42.7 Å². The van der Waals surface area contributed by atoms with Crippen LogP contribution in [-0.4, -0.2) is 98.9 Å². The summed E-state index contributed by atoms with van der Waals surface area (Å²) >= 11 is 0. The van der Waals surface area contributed by atoms with Crippen molar-refractivity contribution in [1.82, 2.24) is 0 Å². The fraction of sp³-hybridized carbons (Fsp3) is 0.638. The highest BCUT2D eigenvalue weighted by molar-refractivity contribution is 7.47. The van der Waals surface area contributed by atoms with Gasteiger partial charge in [-0.15, -0.1) is 0 Å². The van der Waals surface area contributed by atoms with Crippen LogP contribution in [0.1, 0.15) is 129 Å². The van der Waals surface area contributed by atoms with E-state index in [0.29, 0.717) is 19.4 Å². The first-order chi connectivity index (χ1) is 29.0. The van der Waals surface area contributed by atoms with Gasteiger partial charge in [-0.2, -0.15) is 0 Å². The molecular weight excluding hydrogens is 787 g/mol. The van der Waals surface area contributed by atoms with E-state index >= 15 is 0 Å². The summed E-state index contributed by atoms with van der Waals surface area (Å²) < 4.78 is 34.1. The Bertz CT molecular complexity index is 1350. The molecule has 12 nitrogen and oxygen atoms in total. The van der Waals surface area contributed by atoms with E-state index in [0.717, 1.165) is 96.3 Å². The highest BCUT2D eigenvalue weighted by Crippen LogP contribution is 2.47. The van der Waals surface area contributed by atoms with Gasteiger partial charge in [0.15, 0.2) is 0 Å². The third kappa shape index (κ3) is 28.7. The SMILES string of the molecule is CC/C=C\C/C=C\C/C=C\C/C=C\C/C=C\CCCC(=O)OC(COCCCCCCCC/C=C\C/C=C\C/C=C\CC)COP(=O)(O)OC1C(O)C(O)C(O)C(O)C1O. The van der Waals surface area contributed by atoms with Gasteiger partial charge in [0, 0.05) is 13.0 Å². The molecular formula is C47H77O12P. The Morgan fingerprint density at radius 1 is 0.533 bits per heavy atom. The molecule has 6 N–H and O–H groups in total. The molecule has 0 heterocycles. The van der Waals surface area contributed by atoms with Crippen molar-refractivity contribution in [3.8, 4) is 0 Å². The number of carbonyl (C=O) groups excluding carboxylic acids is 1. The van der Waals surface area contributed by atoms with Crippen molar-refractivity contribution in [3.63, 3.8) is 0 Å². The van der Waals surface area contributed by atoms with Crippen LogP contribution in [0.3, 0.4) is 0 Å². The van der Waals surface area contributed by atoms with Gasteiger partial charge in [0.2, 0.25) is 0 Å². The van der Waals surface area contributed by atoms with E-state index in [1.165, 1.54) is 0 Å². The molecule has 1 aliphatic carbocycles. The average Bonchev–Trinajstić information content (AvgIpc) is 3.23. The number of hydrogen-bond donors (Lipinski definition) is 6. The number of esters is 1. The van der Waals surface area contributed by atoms with E-state index in [9.17, 15) is 39.8 Å². The van der Waals surface area contributed by atoms with Crippen LogP contribution in [0, 0.1) is 0 Å². The lowest BCUT2D eigenvalue weighted by Crippen LogP contribution is -2.64. The van der Waals surface area contributed by atoms with E-state index in [1.54, 1.807) is 0 Å². The van der Waals surface area contributed by atoms with Crippen molar-refractivity contribution < 1.29 is 58.3 Å². The van der Waals surface area contributed by atoms with Gasteiger partial charge in [-0.25, -0.2) is 4.57 Å². The van der Waals surface area contributed by atoms with Crippen LogP contribution in [0.4, 0.5) is 0 Å². The lowest BCUT2D eigenvalue weighted by molar-refractivity contribution is -0.220. The van der Waals surface area contributed by atoms with E-state index in [-0.39, 0.29) is 13.0 Å². The maximum Gasteiger partial charge on any atom is 0.472 e.